The Labute approximate surface area is 125 Å². The van der Waals surface area contributed by atoms with Crippen LogP contribution in [0.15, 0.2) is 24.3 Å². The molecule has 1 aliphatic rings. The normalized spacial score (nSPS) is 22.4. The maximum absolute atomic E-state index is 10.7. The van der Waals surface area contributed by atoms with Gasteiger partial charge in [-0.05, 0) is 44.4 Å². The van der Waals surface area contributed by atoms with Gasteiger partial charge in [-0.25, -0.2) is 4.79 Å². The van der Waals surface area contributed by atoms with Crippen molar-refractivity contribution in [3.63, 3.8) is 0 Å². The van der Waals surface area contributed by atoms with E-state index in [1.807, 2.05) is 25.1 Å². The fourth-order valence-corrected chi connectivity index (χ4v) is 2.67. The zero-order valence-corrected chi connectivity index (χ0v) is 12.5. The minimum atomic E-state index is -0.959. The van der Waals surface area contributed by atoms with Gasteiger partial charge in [-0.2, -0.15) is 0 Å². The van der Waals surface area contributed by atoms with E-state index in [-0.39, 0.29) is 12.2 Å². The summed E-state index contributed by atoms with van der Waals surface area (Å²) in [7, 11) is 1.74. The molecular weight excluding hydrogens is 268 g/mol. The number of carboxylic acids is 1. The van der Waals surface area contributed by atoms with Crippen molar-refractivity contribution in [2.75, 3.05) is 7.11 Å². The lowest BCUT2D eigenvalue weighted by atomic mass is 9.95. The summed E-state index contributed by atoms with van der Waals surface area (Å²) in [5.41, 5.74) is 1.88. The van der Waals surface area contributed by atoms with Gasteiger partial charge in [0.25, 0.3) is 0 Å². The Hall–Kier alpha value is -1.81. The van der Waals surface area contributed by atoms with Gasteiger partial charge in [0.15, 0.2) is 0 Å². The van der Waals surface area contributed by atoms with Crippen LogP contribution in [-0.2, 0) is 9.53 Å². The van der Waals surface area contributed by atoms with Crippen LogP contribution in [-0.4, -0.2) is 30.4 Å². The molecule has 1 N–H and O–H groups in total. The van der Waals surface area contributed by atoms with Crippen molar-refractivity contribution < 1.29 is 19.4 Å². The van der Waals surface area contributed by atoms with Crippen LogP contribution in [0.1, 0.15) is 36.8 Å². The van der Waals surface area contributed by atoms with Crippen LogP contribution in [0, 0.1) is 6.92 Å². The van der Waals surface area contributed by atoms with E-state index in [2.05, 4.69) is 0 Å². The van der Waals surface area contributed by atoms with Gasteiger partial charge in [-0.1, -0.05) is 11.6 Å². The third-order valence-electron chi connectivity index (χ3n) is 3.78. The first-order chi connectivity index (χ1) is 10.1. The molecule has 2 unspecified atom stereocenters. The number of carbonyl (C=O) groups is 1. The Balaban J connectivity index is 2.13. The van der Waals surface area contributed by atoms with Crippen LogP contribution >= 0.6 is 0 Å². The lowest BCUT2D eigenvalue weighted by molar-refractivity contribution is -0.131. The number of methoxy groups -OCH3 is 1. The highest BCUT2D eigenvalue weighted by Gasteiger charge is 2.23. The van der Waals surface area contributed by atoms with Crippen molar-refractivity contribution in [1.82, 2.24) is 0 Å². The van der Waals surface area contributed by atoms with Crippen LogP contribution in [0.3, 0.4) is 0 Å². The number of rotatable bonds is 5. The van der Waals surface area contributed by atoms with Gasteiger partial charge in [-0.15, -0.1) is 0 Å². The zero-order valence-electron chi connectivity index (χ0n) is 12.5. The van der Waals surface area contributed by atoms with E-state index < -0.39 is 5.97 Å². The fraction of sp³-hybridized carbons (Fsp3) is 0.471. The van der Waals surface area contributed by atoms with E-state index in [4.69, 9.17) is 14.6 Å². The van der Waals surface area contributed by atoms with Gasteiger partial charge in [-0.3, -0.25) is 0 Å². The second-order valence-electron chi connectivity index (χ2n) is 5.48. The quantitative estimate of drug-likeness (QED) is 0.844. The van der Waals surface area contributed by atoms with Gasteiger partial charge in [0.05, 0.1) is 6.10 Å². The van der Waals surface area contributed by atoms with Gasteiger partial charge < -0.3 is 14.6 Å². The SMILES string of the molecule is COC1CCCC(Oc2ccc(C)cc2C=CC(=O)O)C1. The number of hydrogen-bond acceptors (Lipinski definition) is 3. The molecule has 0 saturated heterocycles. The molecular formula is C17H22O4. The molecule has 4 nitrogen and oxygen atoms in total. The molecule has 2 rings (SSSR count). The predicted octanol–water partition coefficient (Wildman–Crippen LogP) is 3.43. The molecule has 0 spiro atoms. The van der Waals surface area contributed by atoms with Crippen molar-refractivity contribution in [2.45, 2.75) is 44.8 Å². The topological polar surface area (TPSA) is 55.8 Å². The number of hydrogen-bond donors (Lipinski definition) is 1. The summed E-state index contributed by atoms with van der Waals surface area (Å²) < 4.78 is 11.5. The molecule has 0 radical (unpaired) electrons. The van der Waals surface area contributed by atoms with E-state index in [0.717, 1.165) is 48.6 Å². The molecule has 21 heavy (non-hydrogen) atoms. The summed E-state index contributed by atoms with van der Waals surface area (Å²) in [5, 5.41) is 8.78. The van der Waals surface area contributed by atoms with Crippen molar-refractivity contribution >= 4 is 12.0 Å². The summed E-state index contributed by atoms with van der Waals surface area (Å²) in [6, 6.07) is 5.82. The third kappa shape index (κ3) is 4.60. The second-order valence-corrected chi connectivity index (χ2v) is 5.48. The first-order valence-corrected chi connectivity index (χ1v) is 7.29. The summed E-state index contributed by atoms with van der Waals surface area (Å²) in [4.78, 5) is 10.7. The summed E-state index contributed by atoms with van der Waals surface area (Å²) in [6.07, 6.45) is 7.17. The molecule has 114 valence electrons. The molecule has 0 amide bonds. The molecule has 2 atom stereocenters. The minimum Gasteiger partial charge on any atom is -0.490 e. The molecule has 1 fully saturated rings. The Morgan fingerprint density at radius 3 is 2.81 bits per heavy atom. The molecule has 1 aliphatic carbocycles. The second kappa shape index (κ2) is 7.27. The summed E-state index contributed by atoms with van der Waals surface area (Å²) >= 11 is 0. The van der Waals surface area contributed by atoms with Crippen LogP contribution in [0.5, 0.6) is 5.75 Å². The molecule has 0 bridgehead atoms. The molecule has 1 aromatic rings. The molecule has 1 aromatic carbocycles. The maximum atomic E-state index is 10.7. The highest BCUT2D eigenvalue weighted by atomic mass is 16.5. The number of benzene rings is 1. The van der Waals surface area contributed by atoms with Crippen LogP contribution < -0.4 is 4.74 Å². The lowest BCUT2D eigenvalue weighted by Gasteiger charge is -2.29. The van der Waals surface area contributed by atoms with E-state index in [0.29, 0.717) is 0 Å². The predicted molar refractivity (Wildman–Crippen MR) is 81.5 cm³/mol. The Bertz CT molecular complexity index is 522. The third-order valence-corrected chi connectivity index (χ3v) is 3.78. The van der Waals surface area contributed by atoms with Crippen molar-refractivity contribution in [3.8, 4) is 5.75 Å². The molecule has 4 heteroatoms. The van der Waals surface area contributed by atoms with E-state index in [1.165, 1.54) is 0 Å². The standard InChI is InChI=1S/C17H22O4/c1-12-6-8-16(13(10-12)7-9-17(18)19)21-15-5-3-4-14(11-15)20-2/h6-10,14-15H,3-5,11H2,1-2H3,(H,18,19). The largest absolute Gasteiger partial charge is 0.490 e. The molecule has 0 heterocycles. The smallest absolute Gasteiger partial charge is 0.328 e. The van der Waals surface area contributed by atoms with Gasteiger partial charge in [0.2, 0.25) is 0 Å². The average molecular weight is 290 g/mol. The highest BCUT2D eigenvalue weighted by Crippen LogP contribution is 2.28. The Kier molecular flexibility index (Phi) is 5.39. The van der Waals surface area contributed by atoms with Crippen molar-refractivity contribution in [3.05, 3.63) is 35.4 Å². The number of ether oxygens (including phenoxy) is 2. The summed E-state index contributed by atoms with van der Waals surface area (Å²) in [6.45, 7) is 1.98. The molecule has 1 saturated carbocycles. The zero-order chi connectivity index (χ0) is 15.2. The van der Waals surface area contributed by atoms with Gasteiger partial charge >= 0.3 is 5.97 Å². The minimum absolute atomic E-state index is 0.128. The number of aliphatic carboxylic acids is 1. The fourth-order valence-electron chi connectivity index (χ4n) is 2.67. The molecule has 0 aromatic heterocycles. The maximum Gasteiger partial charge on any atom is 0.328 e. The van der Waals surface area contributed by atoms with Gasteiger partial charge in [0, 0.05) is 25.2 Å². The van der Waals surface area contributed by atoms with E-state index in [1.54, 1.807) is 13.2 Å². The van der Waals surface area contributed by atoms with Crippen molar-refractivity contribution in [2.24, 2.45) is 0 Å². The van der Waals surface area contributed by atoms with E-state index in [9.17, 15) is 4.79 Å². The Morgan fingerprint density at radius 2 is 2.10 bits per heavy atom. The summed E-state index contributed by atoms with van der Waals surface area (Å²) in [5.74, 6) is -0.223. The molecule has 0 aliphatic heterocycles. The lowest BCUT2D eigenvalue weighted by Crippen LogP contribution is -2.29. The number of carboxylic acid groups (broad SMARTS) is 1. The number of aryl methyl sites for hydroxylation is 1. The van der Waals surface area contributed by atoms with E-state index >= 15 is 0 Å². The van der Waals surface area contributed by atoms with Crippen LogP contribution in [0.4, 0.5) is 0 Å². The van der Waals surface area contributed by atoms with Crippen LogP contribution in [0.25, 0.3) is 6.08 Å². The van der Waals surface area contributed by atoms with Crippen LogP contribution in [0.2, 0.25) is 0 Å². The Morgan fingerprint density at radius 1 is 1.33 bits per heavy atom. The van der Waals surface area contributed by atoms with Crippen molar-refractivity contribution in [1.29, 1.82) is 0 Å². The monoisotopic (exact) mass is 290 g/mol. The first-order valence-electron chi connectivity index (χ1n) is 7.29. The average Bonchev–Trinajstić information content (AvgIpc) is 2.47. The highest BCUT2D eigenvalue weighted by molar-refractivity contribution is 5.86. The van der Waals surface area contributed by atoms with Gasteiger partial charge in [0.1, 0.15) is 11.9 Å². The first kappa shape index (κ1) is 15.6.